The van der Waals surface area contributed by atoms with E-state index >= 15 is 0 Å². The van der Waals surface area contributed by atoms with Crippen LogP contribution in [0, 0.1) is 11.3 Å². The molecule has 0 aliphatic heterocycles. The van der Waals surface area contributed by atoms with Crippen LogP contribution in [-0.2, 0) is 0 Å². The second-order valence-electron chi connectivity index (χ2n) is 7.74. The normalized spacial score (nSPS) is 11.9. The molecule has 0 fully saturated rings. The lowest BCUT2D eigenvalue weighted by Crippen LogP contribution is -2.27. The van der Waals surface area contributed by atoms with Crippen LogP contribution >= 0.6 is 11.6 Å². The van der Waals surface area contributed by atoms with Crippen molar-refractivity contribution in [2.75, 3.05) is 11.1 Å². The van der Waals surface area contributed by atoms with Crippen molar-refractivity contribution in [2.45, 2.75) is 13.0 Å². The average molecular weight is 468 g/mol. The number of rotatable bonds is 4. The van der Waals surface area contributed by atoms with Crippen LogP contribution in [0.4, 0.5) is 11.8 Å². The fraction of sp³-hybridized carbons (Fsp3) is 0.0800. The number of nitrogen functional groups attached to an aromatic ring is 1. The molecule has 0 saturated heterocycles. The predicted molar refractivity (Wildman–Crippen MR) is 133 cm³/mol. The predicted octanol–water partition coefficient (Wildman–Crippen LogP) is 4.61. The van der Waals surface area contributed by atoms with Crippen molar-refractivity contribution in [3.8, 4) is 11.8 Å². The molecule has 0 spiro atoms. The fourth-order valence-electron chi connectivity index (χ4n) is 3.92. The summed E-state index contributed by atoms with van der Waals surface area (Å²) in [6.07, 6.45) is 1.35. The highest BCUT2D eigenvalue weighted by Gasteiger charge is 2.21. The third kappa shape index (κ3) is 3.68. The summed E-state index contributed by atoms with van der Waals surface area (Å²) in [5, 5.41) is 15.3. The molecule has 1 atom stereocenters. The molecule has 0 radical (unpaired) electrons. The molecule has 9 heteroatoms. The summed E-state index contributed by atoms with van der Waals surface area (Å²) in [7, 11) is 0. The third-order valence-corrected chi connectivity index (χ3v) is 5.85. The van der Waals surface area contributed by atoms with Crippen molar-refractivity contribution in [3.63, 3.8) is 0 Å². The zero-order chi connectivity index (χ0) is 23.8. The molecule has 0 saturated carbocycles. The van der Waals surface area contributed by atoms with Gasteiger partial charge in [-0.15, -0.1) is 0 Å². The number of nitrogens with one attached hydrogen (secondary N) is 1. The highest BCUT2D eigenvalue weighted by molar-refractivity contribution is 6.35. The van der Waals surface area contributed by atoms with E-state index < -0.39 is 6.04 Å². The van der Waals surface area contributed by atoms with Crippen LogP contribution in [0.25, 0.3) is 27.4 Å². The molecule has 0 amide bonds. The molecule has 5 rings (SSSR count). The summed E-state index contributed by atoms with van der Waals surface area (Å²) in [4.78, 5) is 26.6. The average Bonchev–Trinajstić information content (AvgIpc) is 2.83. The summed E-state index contributed by atoms with van der Waals surface area (Å²) >= 11 is 6.40. The van der Waals surface area contributed by atoms with E-state index in [1.165, 1.54) is 10.8 Å². The van der Waals surface area contributed by atoms with E-state index in [1.807, 2.05) is 55.5 Å². The van der Waals surface area contributed by atoms with E-state index in [-0.39, 0.29) is 22.9 Å². The maximum atomic E-state index is 13.8. The fourth-order valence-corrected chi connectivity index (χ4v) is 4.17. The number of hydrogen-bond donors (Lipinski definition) is 2. The molecule has 8 nitrogen and oxygen atoms in total. The van der Waals surface area contributed by atoms with E-state index in [1.54, 1.807) is 18.2 Å². The highest BCUT2D eigenvalue weighted by Crippen LogP contribution is 2.26. The van der Waals surface area contributed by atoms with Gasteiger partial charge in [0.05, 0.1) is 33.9 Å². The summed E-state index contributed by atoms with van der Waals surface area (Å²) in [5.74, 6) is 0.711. The standard InChI is InChI=1S/C25H18ClN7O/c1-14(30-22-17(12-27)13-29-25(28)32-22)23-31-20-8-4-7-19(26)21(20)24(34)33(23)18-10-9-15-5-2-3-6-16(15)11-18/h2-11,13-14H,1H3,(H3,28,29,30,32). The van der Waals surface area contributed by atoms with E-state index in [9.17, 15) is 10.1 Å². The summed E-state index contributed by atoms with van der Waals surface area (Å²) in [6, 6.07) is 20.3. The second kappa shape index (κ2) is 8.46. The van der Waals surface area contributed by atoms with Crippen molar-refractivity contribution in [2.24, 2.45) is 0 Å². The van der Waals surface area contributed by atoms with Gasteiger partial charge in [-0.25, -0.2) is 9.97 Å². The van der Waals surface area contributed by atoms with Crippen molar-refractivity contribution in [1.82, 2.24) is 19.5 Å². The molecular weight excluding hydrogens is 450 g/mol. The molecule has 0 aliphatic rings. The Balaban J connectivity index is 1.74. The van der Waals surface area contributed by atoms with Gasteiger partial charge >= 0.3 is 0 Å². The topological polar surface area (TPSA) is 123 Å². The minimum Gasteiger partial charge on any atom is -0.368 e. The van der Waals surface area contributed by atoms with Gasteiger partial charge in [-0.05, 0) is 42.0 Å². The monoisotopic (exact) mass is 467 g/mol. The molecule has 2 heterocycles. The Kier molecular flexibility index (Phi) is 5.32. The molecule has 2 aromatic heterocycles. The minimum atomic E-state index is -0.524. The number of benzene rings is 3. The van der Waals surface area contributed by atoms with Crippen molar-refractivity contribution in [3.05, 3.63) is 93.6 Å². The highest BCUT2D eigenvalue weighted by atomic mass is 35.5. The smallest absolute Gasteiger partial charge is 0.267 e. The maximum Gasteiger partial charge on any atom is 0.267 e. The molecule has 3 N–H and O–H groups in total. The Labute approximate surface area is 199 Å². The molecule has 166 valence electrons. The van der Waals surface area contributed by atoms with Crippen LogP contribution in [0.15, 0.2) is 71.7 Å². The lowest BCUT2D eigenvalue weighted by atomic mass is 10.1. The lowest BCUT2D eigenvalue weighted by molar-refractivity contribution is 0.731. The van der Waals surface area contributed by atoms with Gasteiger partial charge in [-0.2, -0.15) is 10.2 Å². The molecule has 1 unspecified atom stereocenters. The SMILES string of the molecule is CC(Nc1nc(N)ncc1C#N)c1nc2cccc(Cl)c2c(=O)n1-c1ccc2ccccc2c1. The quantitative estimate of drug-likeness (QED) is 0.395. The number of nitrogens with zero attached hydrogens (tertiary/aromatic N) is 5. The van der Waals surface area contributed by atoms with Gasteiger partial charge in [0.25, 0.3) is 5.56 Å². The third-order valence-electron chi connectivity index (χ3n) is 5.53. The number of hydrogen-bond acceptors (Lipinski definition) is 7. The van der Waals surface area contributed by atoms with Crippen molar-refractivity contribution < 1.29 is 0 Å². The van der Waals surface area contributed by atoms with Gasteiger partial charge < -0.3 is 11.1 Å². The molecule has 34 heavy (non-hydrogen) atoms. The van der Waals surface area contributed by atoms with Crippen LogP contribution in [0.5, 0.6) is 0 Å². The Hall–Kier alpha value is -4.48. The van der Waals surface area contributed by atoms with Crippen LogP contribution in [0.2, 0.25) is 5.02 Å². The van der Waals surface area contributed by atoms with Gasteiger partial charge in [0.2, 0.25) is 5.95 Å². The molecule has 0 bridgehead atoms. The van der Waals surface area contributed by atoms with Crippen molar-refractivity contribution >= 4 is 45.0 Å². The van der Waals surface area contributed by atoms with Crippen LogP contribution in [0.1, 0.15) is 24.4 Å². The second-order valence-corrected chi connectivity index (χ2v) is 8.15. The van der Waals surface area contributed by atoms with Crippen LogP contribution in [0.3, 0.4) is 0 Å². The van der Waals surface area contributed by atoms with E-state index in [0.717, 1.165) is 10.8 Å². The Morgan fingerprint density at radius 1 is 1.09 bits per heavy atom. The lowest BCUT2D eigenvalue weighted by Gasteiger charge is -2.21. The van der Waals surface area contributed by atoms with E-state index in [2.05, 4.69) is 15.3 Å². The van der Waals surface area contributed by atoms with Gasteiger partial charge in [0, 0.05) is 0 Å². The van der Waals surface area contributed by atoms with Crippen LogP contribution in [-0.4, -0.2) is 19.5 Å². The van der Waals surface area contributed by atoms with Gasteiger partial charge in [-0.3, -0.25) is 9.36 Å². The first kappa shape index (κ1) is 21.4. The molecule has 5 aromatic rings. The summed E-state index contributed by atoms with van der Waals surface area (Å²) < 4.78 is 1.54. The number of anilines is 2. The first-order valence-electron chi connectivity index (χ1n) is 10.5. The van der Waals surface area contributed by atoms with E-state index in [0.29, 0.717) is 27.4 Å². The van der Waals surface area contributed by atoms with Gasteiger partial charge in [0.15, 0.2) is 0 Å². The first-order valence-corrected chi connectivity index (χ1v) is 10.8. The van der Waals surface area contributed by atoms with Gasteiger partial charge in [-0.1, -0.05) is 48.0 Å². The molecule has 3 aromatic carbocycles. The Morgan fingerprint density at radius 2 is 1.88 bits per heavy atom. The Morgan fingerprint density at radius 3 is 2.68 bits per heavy atom. The van der Waals surface area contributed by atoms with E-state index in [4.69, 9.17) is 22.3 Å². The maximum absolute atomic E-state index is 13.8. The summed E-state index contributed by atoms with van der Waals surface area (Å²) in [6.45, 7) is 1.83. The summed E-state index contributed by atoms with van der Waals surface area (Å²) in [5.41, 5.74) is 6.78. The largest absolute Gasteiger partial charge is 0.368 e. The zero-order valence-electron chi connectivity index (χ0n) is 18.0. The number of halogens is 1. The molecular formula is C25H18ClN7O. The number of fused-ring (bicyclic) bond motifs is 2. The van der Waals surface area contributed by atoms with Crippen LogP contribution < -0.4 is 16.6 Å². The zero-order valence-corrected chi connectivity index (χ0v) is 18.8. The minimum absolute atomic E-state index is 0.0267. The number of aromatic nitrogens is 4. The van der Waals surface area contributed by atoms with Crippen molar-refractivity contribution in [1.29, 1.82) is 5.26 Å². The number of nitrogens with two attached hydrogens (primary N) is 1. The Bertz CT molecular complexity index is 1670. The van der Waals surface area contributed by atoms with Gasteiger partial charge in [0.1, 0.15) is 23.3 Å². The number of nitriles is 1. The first-order chi connectivity index (χ1) is 16.5. The molecule has 0 aliphatic carbocycles.